The molecule has 0 saturated heterocycles. The number of aromatic nitrogens is 5. The third kappa shape index (κ3) is 2.10. The number of nitrogens with zero attached hydrogens (tertiary/aromatic N) is 5. The van der Waals surface area contributed by atoms with E-state index in [1.54, 1.807) is 0 Å². The third-order valence-electron chi connectivity index (χ3n) is 9.60. The molecule has 5 aromatic heterocycles. The standard InChI is InChI=1S/C35H21N5O/c1-35(2)20-10-5-3-8-18(20)28-21(35)14-15-22-30(28)36-33-38(22)24-11-7-12-25-32(24)40(33)34-37-31-23(39(25)34)16-17-27-29(31)19-9-4-6-13-26(19)41-27/h3-17H,1-2H3. The molecule has 6 heteroatoms. The number of furan rings is 1. The summed E-state index contributed by atoms with van der Waals surface area (Å²) in [4.78, 5) is 10.7. The van der Waals surface area contributed by atoms with Crippen LogP contribution in [0.1, 0.15) is 25.0 Å². The molecule has 1 aliphatic carbocycles. The predicted octanol–water partition coefficient (Wildman–Crippen LogP) is 8.34. The van der Waals surface area contributed by atoms with Crippen molar-refractivity contribution in [3.05, 3.63) is 102 Å². The van der Waals surface area contributed by atoms with Gasteiger partial charge < -0.3 is 4.42 Å². The highest BCUT2D eigenvalue weighted by molar-refractivity contribution is 6.18. The Labute approximate surface area is 232 Å². The van der Waals surface area contributed by atoms with E-state index in [0.29, 0.717) is 0 Å². The Bertz CT molecular complexity index is 2780. The third-order valence-corrected chi connectivity index (χ3v) is 9.60. The van der Waals surface area contributed by atoms with Crippen molar-refractivity contribution >= 4 is 72.1 Å². The molecular weight excluding hydrogens is 506 g/mol. The van der Waals surface area contributed by atoms with Crippen LogP contribution >= 0.6 is 0 Å². The first-order valence-corrected chi connectivity index (χ1v) is 14.0. The van der Waals surface area contributed by atoms with Gasteiger partial charge in [-0.05, 0) is 53.1 Å². The van der Waals surface area contributed by atoms with Crippen molar-refractivity contribution in [1.29, 1.82) is 0 Å². The number of imidazole rings is 4. The van der Waals surface area contributed by atoms with E-state index in [-0.39, 0.29) is 5.41 Å². The molecule has 6 nitrogen and oxygen atoms in total. The fourth-order valence-corrected chi connectivity index (χ4v) is 7.83. The summed E-state index contributed by atoms with van der Waals surface area (Å²) in [5.74, 6) is 1.76. The van der Waals surface area contributed by atoms with Crippen molar-refractivity contribution in [2.24, 2.45) is 0 Å². The van der Waals surface area contributed by atoms with Crippen LogP contribution in [0.3, 0.4) is 0 Å². The molecule has 5 heterocycles. The first-order valence-electron chi connectivity index (χ1n) is 14.0. The largest absolute Gasteiger partial charge is 0.456 e. The zero-order chi connectivity index (χ0) is 26.8. The minimum absolute atomic E-state index is 0.0698. The number of hydrogen-bond acceptors (Lipinski definition) is 3. The summed E-state index contributed by atoms with van der Waals surface area (Å²) in [6, 6.07) is 32.3. The van der Waals surface area contributed by atoms with Gasteiger partial charge in [0.1, 0.15) is 22.2 Å². The van der Waals surface area contributed by atoms with Crippen molar-refractivity contribution < 1.29 is 4.42 Å². The fourth-order valence-electron chi connectivity index (χ4n) is 7.83. The van der Waals surface area contributed by atoms with E-state index in [1.165, 1.54) is 22.3 Å². The molecule has 0 atom stereocenters. The Balaban J connectivity index is 1.35. The molecule has 5 aromatic carbocycles. The predicted molar refractivity (Wildman–Crippen MR) is 163 cm³/mol. The van der Waals surface area contributed by atoms with Crippen LogP contribution in [-0.4, -0.2) is 23.2 Å². The second kappa shape index (κ2) is 6.34. The quantitative estimate of drug-likeness (QED) is 0.199. The summed E-state index contributed by atoms with van der Waals surface area (Å²) in [5, 5.41) is 2.14. The number of fused-ring (bicyclic) bond motifs is 18. The van der Waals surface area contributed by atoms with Crippen LogP contribution in [0, 0.1) is 0 Å². The Kier molecular flexibility index (Phi) is 3.17. The molecule has 0 N–H and O–H groups in total. The lowest BCUT2D eigenvalue weighted by molar-refractivity contribution is 0.661. The van der Waals surface area contributed by atoms with E-state index in [2.05, 4.69) is 106 Å². The molecule has 0 saturated carbocycles. The van der Waals surface area contributed by atoms with E-state index in [0.717, 1.165) is 72.1 Å². The van der Waals surface area contributed by atoms with Gasteiger partial charge in [-0.15, -0.1) is 0 Å². The Morgan fingerprint density at radius 1 is 0.585 bits per heavy atom. The molecule has 10 aromatic rings. The van der Waals surface area contributed by atoms with Gasteiger partial charge in [0.2, 0.25) is 11.6 Å². The highest BCUT2D eigenvalue weighted by atomic mass is 16.3. The van der Waals surface area contributed by atoms with E-state index in [9.17, 15) is 0 Å². The molecule has 192 valence electrons. The molecule has 0 aliphatic heterocycles. The lowest BCUT2D eigenvalue weighted by atomic mass is 9.82. The Hall–Kier alpha value is -5.36. The summed E-state index contributed by atoms with van der Waals surface area (Å²) < 4.78 is 13.0. The van der Waals surface area contributed by atoms with Gasteiger partial charge in [0.05, 0.1) is 33.0 Å². The van der Waals surface area contributed by atoms with E-state index in [4.69, 9.17) is 14.4 Å². The van der Waals surface area contributed by atoms with Crippen molar-refractivity contribution in [3.63, 3.8) is 0 Å². The second-order valence-electron chi connectivity index (χ2n) is 11.9. The summed E-state index contributed by atoms with van der Waals surface area (Å²) in [6.45, 7) is 4.63. The van der Waals surface area contributed by atoms with Gasteiger partial charge >= 0.3 is 0 Å². The van der Waals surface area contributed by atoms with Crippen molar-refractivity contribution in [2.75, 3.05) is 0 Å². The maximum atomic E-state index is 6.20. The second-order valence-corrected chi connectivity index (χ2v) is 11.9. The topological polar surface area (TPSA) is 52.2 Å². The summed E-state index contributed by atoms with van der Waals surface area (Å²) in [5.41, 5.74) is 14.5. The van der Waals surface area contributed by atoms with Crippen molar-refractivity contribution in [3.8, 4) is 11.1 Å². The van der Waals surface area contributed by atoms with E-state index < -0.39 is 0 Å². The zero-order valence-electron chi connectivity index (χ0n) is 22.3. The van der Waals surface area contributed by atoms with Gasteiger partial charge in [0.25, 0.3) is 0 Å². The van der Waals surface area contributed by atoms with Gasteiger partial charge in [-0.3, -0.25) is 8.80 Å². The molecule has 1 aliphatic rings. The lowest BCUT2D eigenvalue weighted by Crippen LogP contribution is -2.14. The molecule has 41 heavy (non-hydrogen) atoms. The first-order chi connectivity index (χ1) is 20.1. The molecule has 0 bridgehead atoms. The smallest absolute Gasteiger partial charge is 0.223 e. The monoisotopic (exact) mass is 527 g/mol. The highest BCUT2D eigenvalue weighted by Gasteiger charge is 2.37. The van der Waals surface area contributed by atoms with Crippen LogP contribution < -0.4 is 0 Å². The van der Waals surface area contributed by atoms with E-state index >= 15 is 0 Å². The molecule has 0 unspecified atom stereocenters. The summed E-state index contributed by atoms with van der Waals surface area (Å²) in [6.07, 6.45) is 0. The van der Waals surface area contributed by atoms with Gasteiger partial charge in [-0.25, -0.2) is 14.4 Å². The molecular formula is C35H21N5O. The summed E-state index contributed by atoms with van der Waals surface area (Å²) in [7, 11) is 0. The van der Waals surface area contributed by atoms with Crippen LogP contribution in [0.25, 0.3) is 83.2 Å². The molecule has 0 radical (unpaired) electrons. The van der Waals surface area contributed by atoms with Gasteiger partial charge in [0, 0.05) is 16.4 Å². The van der Waals surface area contributed by atoms with Crippen LogP contribution in [0.5, 0.6) is 0 Å². The number of rotatable bonds is 0. The molecule has 11 rings (SSSR count). The average Bonchev–Trinajstić information content (AvgIpc) is 3.79. The Morgan fingerprint density at radius 2 is 1.29 bits per heavy atom. The maximum absolute atomic E-state index is 6.20. The van der Waals surface area contributed by atoms with E-state index in [1.807, 2.05) is 12.1 Å². The highest BCUT2D eigenvalue weighted by Crippen LogP contribution is 2.51. The van der Waals surface area contributed by atoms with Crippen LogP contribution in [0.2, 0.25) is 0 Å². The number of hydrogen-bond donors (Lipinski definition) is 0. The normalized spacial score (nSPS) is 14.8. The average molecular weight is 528 g/mol. The molecule has 0 fully saturated rings. The number of para-hydroxylation sites is 2. The van der Waals surface area contributed by atoms with Crippen LogP contribution in [0.15, 0.2) is 95.4 Å². The fraction of sp³-hybridized carbons (Fsp3) is 0.0857. The van der Waals surface area contributed by atoms with Crippen LogP contribution in [-0.2, 0) is 5.41 Å². The SMILES string of the molecule is CC1(C)c2ccccc2-c2c1ccc1c2nc2n1c1cccc3c1n2c1nc2c4c(ccc2n31)oc1ccccc14. The minimum Gasteiger partial charge on any atom is -0.456 e. The van der Waals surface area contributed by atoms with Crippen molar-refractivity contribution in [2.45, 2.75) is 19.3 Å². The first kappa shape index (κ1) is 20.5. The van der Waals surface area contributed by atoms with Gasteiger partial charge in [-0.1, -0.05) is 68.4 Å². The number of benzene rings is 5. The Morgan fingerprint density at radius 3 is 2.15 bits per heavy atom. The zero-order valence-corrected chi connectivity index (χ0v) is 22.3. The van der Waals surface area contributed by atoms with Crippen molar-refractivity contribution in [1.82, 2.24) is 23.2 Å². The van der Waals surface area contributed by atoms with Crippen LogP contribution in [0.4, 0.5) is 0 Å². The van der Waals surface area contributed by atoms with Gasteiger partial charge in [0.15, 0.2) is 0 Å². The minimum atomic E-state index is -0.0698. The molecule has 0 spiro atoms. The van der Waals surface area contributed by atoms with Gasteiger partial charge in [-0.2, -0.15) is 0 Å². The lowest BCUT2D eigenvalue weighted by Gasteiger charge is -2.21. The summed E-state index contributed by atoms with van der Waals surface area (Å²) >= 11 is 0. The molecule has 0 amide bonds. The maximum Gasteiger partial charge on any atom is 0.223 e.